The molecule has 1 fully saturated rings. The molecule has 2 heterocycles. The van der Waals surface area contributed by atoms with Crippen molar-refractivity contribution in [2.75, 3.05) is 18.4 Å². The fourth-order valence-corrected chi connectivity index (χ4v) is 5.77. The minimum absolute atomic E-state index is 0.00550. The topological polar surface area (TPSA) is 95.6 Å². The van der Waals surface area contributed by atoms with Crippen molar-refractivity contribution in [2.45, 2.75) is 41.4 Å². The van der Waals surface area contributed by atoms with Crippen LogP contribution in [0.25, 0.3) is 0 Å². The predicted octanol–water partition coefficient (Wildman–Crippen LogP) is 2.98. The van der Waals surface area contributed by atoms with Crippen LogP contribution in [0.15, 0.2) is 52.3 Å². The molecule has 0 saturated carbocycles. The zero-order chi connectivity index (χ0) is 22.9. The summed E-state index contributed by atoms with van der Waals surface area (Å²) in [5.74, 6) is -0.474. The molecule has 4 rings (SSSR count). The van der Waals surface area contributed by atoms with Gasteiger partial charge >= 0.3 is 0 Å². The van der Waals surface area contributed by atoms with E-state index in [1.54, 1.807) is 11.0 Å². The lowest BCUT2D eigenvalue weighted by molar-refractivity contribution is -0.135. The lowest BCUT2D eigenvalue weighted by atomic mass is 9.99. The number of anilines is 1. The van der Waals surface area contributed by atoms with E-state index in [0.29, 0.717) is 35.2 Å². The van der Waals surface area contributed by atoms with Gasteiger partial charge in [0.25, 0.3) is 0 Å². The second-order valence-corrected chi connectivity index (χ2v) is 11.0. The van der Waals surface area contributed by atoms with Crippen molar-refractivity contribution in [3.05, 3.63) is 53.8 Å². The van der Waals surface area contributed by atoms with Crippen LogP contribution in [0.3, 0.4) is 0 Å². The Morgan fingerprint density at radius 1 is 1.19 bits per heavy atom. The molecule has 2 amide bonds. The summed E-state index contributed by atoms with van der Waals surface area (Å²) in [6, 6.07) is 9.96. The first-order chi connectivity index (χ1) is 15.2. The van der Waals surface area contributed by atoms with Crippen molar-refractivity contribution in [1.82, 2.24) is 9.62 Å². The number of halogens is 1. The van der Waals surface area contributed by atoms with Gasteiger partial charge in [0.05, 0.1) is 10.6 Å². The summed E-state index contributed by atoms with van der Waals surface area (Å²) < 4.78 is 40.8. The molecule has 0 unspecified atom stereocenters. The Kier molecular flexibility index (Phi) is 6.55. The lowest BCUT2D eigenvalue weighted by Gasteiger charge is -2.33. The summed E-state index contributed by atoms with van der Waals surface area (Å²) in [5, 5.41) is 1.81. The van der Waals surface area contributed by atoms with Crippen LogP contribution >= 0.6 is 11.8 Å². The highest BCUT2D eigenvalue weighted by Gasteiger charge is 2.37. The number of carbonyl (C=O) groups excluding carboxylic acids is 2. The van der Waals surface area contributed by atoms with Gasteiger partial charge in [-0.25, -0.2) is 17.5 Å². The van der Waals surface area contributed by atoms with E-state index < -0.39 is 27.0 Å². The largest absolute Gasteiger partial charge is 0.341 e. The number of hydrogen-bond acceptors (Lipinski definition) is 5. The van der Waals surface area contributed by atoms with Gasteiger partial charge < -0.3 is 10.2 Å². The monoisotopic (exact) mass is 477 g/mol. The fourth-order valence-electron chi connectivity index (χ4n) is 3.68. The molecule has 7 nitrogen and oxygen atoms in total. The predicted molar refractivity (Wildman–Crippen MR) is 120 cm³/mol. The summed E-state index contributed by atoms with van der Waals surface area (Å²) in [4.78, 5) is 27.9. The summed E-state index contributed by atoms with van der Waals surface area (Å²) in [5.41, 5.74) is 0.978. The number of fused-ring (bicyclic) bond motifs is 1. The molecule has 0 radical (unpaired) electrons. The zero-order valence-electron chi connectivity index (χ0n) is 17.5. The van der Waals surface area contributed by atoms with Gasteiger partial charge in [0.15, 0.2) is 5.25 Å². The first kappa shape index (κ1) is 22.8. The van der Waals surface area contributed by atoms with Crippen LogP contribution < -0.4 is 10.0 Å². The molecule has 0 bridgehead atoms. The van der Waals surface area contributed by atoms with Crippen LogP contribution in [0.4, 0.5) is 10.1 Å². The molecule has 2 aromatic rings. The van der Waals surface area contributed by atoms with Crippen molar-refractivity contribution < 1.29 is 22.4 Å². The average Bonchev–Trinajstić information content (AvgIpc) is 2.78. The molecular weight excluding hydrogens is 453 g/mol. The number of carbonyl (C=O) groups is 2. The number of rotatable bonds is 5. The Hall–Kier alpha value is -2.43. The second kappa shape index (κ2) is 9.21. The molecule has 10 heteroatoms. The third-order valence-electron chi connectivity index (χ3n) is 5.70. The Morgan fingerprint density at radius 3 is 2.56 bits per heavy atom. The Bertz CT molecular complexity index is 1130. The van der Waals surface area contributed by atoms with E-state index in [1.807, 2.05) is 0 Å². The van der Waals surface area contributed by atoms with Gasteiger partial charge in [0.2, 0.25) is 21.8 Å². The molecule has 0 aromatic heterocycles. The summed E-state index contributed by atoms with van der Waals surface area (Å²) in [6.45, 7) is 3.45. The maximum absolute atomic E-state index is 13.0. The highest BCUT2D eigenvalue weighted by atomic mass is 32.2. The molecule has 170 valence electrons. The summed E-state index contributed by atoms with van der Waals surface area (Å²) >= 11 is 1.14. The minimum Gasteiger partial charge on any atom is -0.341 e. The van der Waals surface area contributed by atoms with Crippen molar-refractivity contribution in [3.8, 4) is 0 Å². The number of hydrogen-bond donors (Lipinski definition) is 2. The Balaban J connectivity index is 1.46. The number of nitrogens with zero attached hydrogens (tertiary/aromatic N) is 1. The van der Waals surface area contributed by atoms with Gasteiger partial charge in [0, 0.05) is 24.5 Å². The van der Waals surface area contributed by atoms with Crippen LogP contribution in [0.1, 0.15) is 25.3 Å². The molecular formula is C22H24FN3O4S2. The van der Waals surface area contributed by atoms with E-state index in [4.69, 9.17) is 0 Å². The number of nitrogens with one attached hydrogen (secondary N) is 2. The number of sulfonamides is 1. The van der Waals surface area contributed by atoms with Gasteiger partial charge in [-0.15, -0.1) is 11.8 Å². The van der Waals surface area contributed by atoms with Gasteiger partial charge in [-0.3, -0.25) is 9.59 Å². The number of thioether (sulfide) groups is 1. The highest BCUT2D eigenvalue weighted by molar-refractivity contribution is 8.01. The summed E-state index contributed by atoms with van der Waals surface area (Å²) in [6.07, 6.45) is 1.85. The van der Waals surface area contributed by atoms with Gasteiger partial charge in [-0.05, 0) is 54.7 Å². The smallest absolute Gasteiger partial charge is 0.247 e. The fraction of sp³-hybridized carbons (Fsp3) is 0.364. The first-order valence-electron chi connectivity index (χ1n) is 10.4. The van der Waals surface area contributed by atoms with Crippen LogP contribution in [-0.2, 0) is 26.2 Å². The third kappa shape index (κ3) is 4.97. The van der Waals surface area contributed by atoms with Crippen molar-refractivity contribution >= 4 is 39.3 Å². The Labute approximate surface area is 190 Å². The van der Waals surface area contributed by atoms with Crippen LogP contribution in [-0.4, -0.2) is 43.5 Å². The van der Waals surface area contributed by atoms with Crippen LogP contribution in [0.2, 0.25) is 0 Å². The maximum atomic E-state index is 13.0. The zero-order valence-corrected chi connectivity index (χ0v) is 19.1. The van der Waals surface area contributed by atoms with Crippen LogP contribution in [0.5, 0.6) is 0 Å². The van der Waals surface area contributed by atoms with Crippen molar-refractivity contribution in [1.29, 1.82) is 0 Å². The van der Waals surface area contributed by atoms with E-state index in [9.17, 15) is 22.4 Å². The van der Waals surface area contributed by atoms with Crippen LogP contribution in [0, 0.1) is 11.7 Å². The molecule has 1 atom stereocenters. The second-order valence-electron chi connectivity index (χ2n) is 8.10. The minimum atomic E-state index is -3.85. The molecule has 0 aliphatic carbocycles. The molecule has 2 aliphatic rings. The first-order valence-corrected chi connectivity index (χ1v) is 12.7. The number of benzene rings is 2. The SMILES string of the molecule is CC1CCN(C(=O)[C@@H]2Sc3ccc(S(=O)(=O)NCc4ccc(F)cc4)cc3NC2=O)CC1. The standard InChI is InChI=1S/C22H24FN3O4S2/c1-14-8-10-26(11-9-14)22(28)20-21(27)25-18-12-17(6-7-19(18)31-20)32(29,30)24-13-15-2-4-16(23)5-3-15/h2-7,12,14,20,24H,8-11,13H2,1H3,(H,25,27)/t20-/m1/s1. The normalized spacial score (nSPS) is 19.4. The number of piperidine rings is 1. The molecule has 2 aliphatic heterocycles. The van der Waals surface area contributed by atoms with E-state index in [0.717, 1.165) is 24.6 Å². The van der Waals surface area contributed by atoms with Gasteiger partial charge in [-0.2, -0.15) is 0 Å². The molecule has 32 heavy (non-hydrogen) atoms. The summed E-state index contributed by atoms with van der Waals surface area (Å²) in [7, 11) is -3.85. The quantitative estimate of drug-likeness (QED) is 0.646. The molecule has 2 N–H and O–H groups in total. The van der Waals surface area contributed by atoms with E-state index in [1.165, 1.54) is 36.4 Å². The Morgan fingerprint density at radius 2 is 1.88 bits per heavy atom. The third-order valence-corrected chi connectivity index (χ3v) is 8.36. The number of likely N-dealkylation sites (tertiary alicyclic amines) is 1. The van der Waals surface area contributed by atoms with E-state index >= 15 is 0 Å². The van der Waals surface area contributed by atoms with Crippen molar-refractivity contribution in [2.24, 2.45) is 5.92 Å². The molecule has 0 spiro atoms. The molecule has 2 aromatic carbocycles. The van der Waals surface area contributed by atoms with Gasteiger partial charge in [-0.1, -0.05) is 19.1 Å². The number of amides is 2. The van der Waals surface area contributed by atoms with E-state index in [-0.39, 0.29) is 17.3 Å². The lowest BCUT2D eigenvalue weighted by Crippen LogP contribution is -2.47. The highest BCUT2D eigenvalue weighted by Crippen LogP contribution is 2.38. The maximum Gasteiger partial charge on any atom is 0.247 e. The van der Waals surface area contributed by atoms with Gasteiger partial charge in [0.1, 0.15) is 5.82 Å². The van der Waals surface area contributed by atoms with E-state index in [2.05, 4.69) is 17.0 Å². The molecule has 1 saturated heterocycles. The van der Waals surface area contributed by atoms with Crippen molar-refractivity contribution in [3.63, 3.8) is 0 Å². The average molecular weight is 478 g/mol.